The van der Waals surface area contributed by atoms with Gasteiger partial charge >= 0.3 is 17.9 Å². The van der Waals surface area contributed by atoms with Crippen LogP contribution in [0, 0.1) is 0 Å². The highest BCUT2D eigenvalue weighted by Gasteiger charge is 2.19. The Hall–Kier alpha value is -2.63. The maximum atomic E-state index is 12.7. The summed E-state index contributed by atoms with van der Waals surface area (Å²) < 4.78 is 16.6. The average molecular weight is 757 g/mol. The lowest BCUT2D eigenvalue weighted by molar-refractivity contribution is -0.166. The van der Waals surface area contributed by atoms with Crippen LogP contribution >= 0.6 is 0 Å². The first-order valence-electron chi connectivity index (χ1n) is 22.6. The van der Waals surface area contributed by atoms with Crippen molar-refractivity contribution in [3.05, 3.63) is 48.6 Å². The monoisotopic (exact) mass is 757 g/mol. The topological polar surface area (TPSA) is 78.9 Å². The van der Waals surface area contributed by atoms with Crippen molar-refractivity contribution in [1.82, 2.24) is 0 Å². The summed E-state index contributed by atoms with van der Waals surface area (Å²) >= 11 is 0. The Morgan fingerprint density at radius 3 is 1.28 bits per heavy atom. The summed E-state index contributed by atoms with van der Waals surface area (Å²) in [6.07, 6.45) is 49.9. The summed E-state index contributed by atoms with van der Waals surface area (Å²) in [6, 6.07) is 0. The van der Waals surface area contributed by atoms with Crippen LogP contribution in [0.1, 0.15) is 220 Å². The lowest BCUT2D eigenvalue weighted by Gasteiger charge is -2.18. The number of hydrogen-bond acceptors (Lipinski definition) is 6. The first-order valence-corrected chi connectivity index (χ1v) is 22.6. The molecule has 312 valence electrons. The van der Waals surface area contributed by atoms with Crippen LogP contribution in [-0.2, 0) is 28.6 Å². The molecule has 0 aromatic rings. The molecule has 0 fully saturated rings. The number of hydrogen-bond donors (Lipinski definition) is 0. The second-order valence-electron chi connectivity index (χ2n) is 14.9. The molecule has 0 N–H and O–H groups in total. The van der Waals surface area contributed by atoms with Crippen LogP contribution in [0.3, 0.4) is 0 Å². The number of ether oxygens (including phenoxy) is 3. The molecule has 1 unspecified atom stereocenters. The zero-order valence-electron chi connectivity index (χ0n) is 35.5. The van der Waals surface area contributed by atoms with E-state index in [1.54, 1.807) is 6.08 Å². The number of allylic oxidation sites excluding steroid dienone is 7. The number of rotatable bonds is 40. The SMILES string of the molecule is CC/C=C\C/C=C\C/C=C\CC(=O)OCC(COC(=O)CCCCCCCCC/C=C\CCCCCCCC)OC(=O)CCCCCCCCCCCC. The molecule has 0 aliphatic heterocycles. The van der Waals surface area contributed by atoms with E-state index in [0.29, 0.717) is 12.8 Å². The van der Waals surface area contributed by atoms with E-state index in [1.807, 2.05) is 6.08 Å². The van der Waals surface area contributed by atoms with Crippen molar-refractivity contribution in [1.29, 1.82) is 0 Å². The molecule has 0 saturated heterocycles. The molecule has 0 saturated carbocycles. The standard InChI is InChI=1S/C48H84O6/c1-4-7-10-13-16-19-21-22-23-24-25-26-27-30-32-35-38-41-47(50)53-44-45(43-52-46(49)40-37-34-31-28-18-15-12-9-6-3)54-48(51)42-39-36-33-29-20-17-14-11-8-5-2/h9,12,18,22-23,28,34,37,45H,4-8,10-11,13-17,19-21,24-27,29-33,35-36,38-44H2,1-3H3/b12-9-,23-22-,28-18-,37-34-. The molecule has 0 aliphatic rings. The van der Waals surface area contributed by atoms with Gasteiger partial charge in [0, 0.05) is 12.8 Å². The molecule has 0 spiro atoms. The molecule has 6 heteroatoms. The van der Waals surface area contributed by atoms with Gasteiger partial charge in [-0.05, 0) is 57.8 Å². The summed E-state index contributed by atoms with van der Waals surface area (Å²) in [5, 5.41) is 0. The molecule has 6 nitrogen and oxygen atoms in total. The van der Waals surface area contributed by atoms with Gasteiger partial charge in [-0.25, -0.2) is 0 Å². The first-order chi connectivity index (χ1) is 26.5. The third-order valence-electron chi connectivity index (χ3n) is 9.60. The number of carbonyl (C=O) groups is 3. The molecule has 0 amide bonds. The number of unbranched alkanes of at least 4 members (excludes halogenated alkanes) is 22. The highest BCUT2D eigenvalue weighted by Crippen LogP contribution is 2.14. The van der Waals surface area contributed by atoms with Gasteiger partial charge in [0.2, 0.25) is 0 Å². The molecule has 0 bridgehead atoms. The molecule has 0 heterocycles. The molecule has 0 aromatic heterocycles. The normalized spacial score (nSPS) is 12.4. The van der Waals surface area contributed by atoms with Crippen molar-refractivity contribution in [2.24, 2.45) is 0 Å². The van der Waals surface area contributed by atoms with Crippen LogP contribution in [0.4, 0.5) is 0 Å². The van der Waals surface area contributed by atoms with Gasteiger partial charge in [-0.2, -0.15) is 0 Å². The number of esters is 3. The molecule has 1 atom stereocenters. The number of carbonyl (C=O) groups excluding carboxylic acids is 3. The molecule has 0 rings (SSSR count). The van der Waals surface area contributed by atoms with Gasteiger partial charge in [0.1, 0.15) is 13.2 Å². The minimum absolute atomic E-state index is 0.101. The van der Waals surface area contributed by atoms with Crippen LogP contribution in [0.25, 0.3) is 0 Å². The fourth-order valence-electron chi connectivity index (χ4n) is 6.20. The summed E-state index contributed by atoms with van der Waals surface area (Å²) in [6.45, 7) is 6.39. The molecule has 0 radical (unpaired) electrons. The Balaban J connectivity index is 4.35. The highest BCUT2D eigenvalue weighted by molar-refractivity contribution is 5.72. The molecular weight excluding hydrogens is 673 g/mol. The van der Waals surface area contributed by atoms with Crippen molar-refractivity contribution >= 4 is 17.9 Å². The summed E-state index contributed by atoms with van der Waals surface area (Å²) in [7, 11) is 0. The first kappa shape index (κ1) is 51.4. The van der Waals surface area contributed by atoms with Crippen molar-refractivity contribution in [2.75, 3.05) is 13.2 Å². The summed E-state index contributed by atoms with van der Waals surface area (Å²) in [4.78, 5) is 37.5. The van der Waals surface area contributed by atoms with Crippen LogP contribution in [-0.4, -0.2) is 37.2 Å². The van der Waals surface area contributed by atoms with Crippen LogP contribution < -0.4 is 0 Å². The minimum atomic E-state index is -0.804. The predicted octanol–water partition coefficient (Wildman–Crippen LogP) is 14.4. The average Bonchev–Trinajstić information content (AvgIpc) is 3.17. The van der Waals surface area contributed by atoms with E-state index in [-0.39, 0.29) is 31.6 Å². The van der Waals surface area contributed by atoms with Crippen LogP contribution in [0.5, 0.6) is 0 Å². The van der Waals surface area contributed by atoms with Crippen LogP contribution in [0.2, 0.25) is 0 Å². The van der Waals surface area contributed by atoms with E-state index in [9.17, 15) is 14.4 Å². The Morgan fingerprint density at radius 1 is 0.407 bits per heavy atom. The van der Waals surface area contributed by atoms with Gasteiger partial charge < -0.3 is 14.2 Å². The minimum Gasteiger partial charge on any atom is -0.462 e. The van der Waals surface area contributed by atoms with Gasteiger partial charge in [-0.1, -0.05) is 191 Å². The molecule has 0 aliphatic carbocycles. The Labute approximate surface area is 333 Å². The largest absolute Gasteiger partial charge is 0.462 e. The second kappa shape index (κ2) is 43.1. The molecule has 54 heavy (non-hydrogen) atoms. The zero-order chi connectivity index (χ0) is 39.4. The van der Waals surface area contributed by atoms with Gasteiger partial charge in [-0.3, -0.25) is 14.4 Å². The van der Waals surface area contributed by atoms with Crippen molar-refractivity contribution < 1.29 is 28.6 Å². The Morgan fingerprint density at radius 2 is 0.796 bits per heavy atom. The lowest BCUT2D eigenvalue weighted by atomic mass is 10.1. The van der Waals surface area contributed by atoms with Crippen molar-refractivity contribution in [3.8, 4) is 0 Å². The van der Waals surface area contributed by atoms with Crippen LogP contribution in [0.15, 0.2) is 48.6 Å². The van der Waals surface area contributed by atoms with Gasteiger partial charge in [-0.15, -0.1) is 0 Å². The maximum absolute atomic E-state index is 12.7. The zero-order valence-corrected chi connectivity index (χ0v) is 35.5. The Kier molecular flexibility index (Phi) is 41.0. The lowest BCUT2D eigenvalue weighted by Crippen LogP contribution is -2.30. The van der Waals surface area contributed by atoms with Gasteiger partial charge in [0.25, 0.3) is 0 Å². The molecule has 0 aromatic carbocycles. The predicted molar refractivity (Wildman–Crippen MR) is 229 cm³/mol. The van der Waals surface area contributed by atoms with E-state index >= 15 is 0 Å². The third kappa shape index (κ3) is 40.6. The summed E-state index contributed by atoms with van der Waals surface area (Å²) in [5.74, 6) is -1.04. The van der Waals surface area contributed by atoms with E-state index < -0.39 is 12.1 Å². The quantitative estimate of drug-likeness (QED) is 0.0268. The van der Waals surface area contributed by atoms with Gasteiger partial charge in [0.05, 0.1) is 6.42 Å². The molecular formula is C48H84O6. The van der Waals surface area contributed by atoms with Gasteiger partial charge in [0.15, 0.2) is 6.10 Å². The fourth-order valence-corrected chi connectivity index (χ4v) is 6.20. The summed E-state index contributed by atoms with van der Waals surface area (Å²) in [5.41, 5.74) is 0. The Bertz CT molecular complexity index is 964. The smallest absolute Gasteiger partial charge is 0.309 e. The van der Waals surface area contributed by atoms with E-state index in [2.05, 4.69) is 57.2 Å². The second-order valence-corrected chi connectivity index (χ2v) is 14.9. The third-order valence-corrected chi connectivity index (χ3v) is 9.60. The van der Waals surface area contributed by atoms with E-state index in [0.717, 1.165) is 57.8 Å². The fraction of sp³-hybridized carbons (Fsp3) is 0.771. The van der Waals surface area contributed by atoms with E-state index in [1.165, 1.54) is 122 Å². The van der Waals surface area contributed by atoms with Crippen molar-refractivity contribution in [2.45, 2.75) is 226 Å². The highest BCUT2D eigenvalue weighted by atomic mass is 16.6. The van der Waals surface area contributed by atoms with Crippen molar-refractivity contribution in [3.63, 3.8) is 0 Å². The maximum Gasteiger partial charge on any atom is 0.309 e. The van der Waals surface area contributed by atoms with E-state index in [4.69, 9.17) is 14.2 Å².